The van der Waals surface area contributed by atoms with Gasteiger partial charge in [0.1, 0.15) is 11.4 Å². The number of fused-ring (bicyclic) bond motifs is 2. The second-order valence-corrected chi connectivity index (χ2v) is 9.96. The number of para-hydroxylation sites is 2. The van der Waals surface area contributed by atoms with E-state index in [0.717, 1.165) is 47.4 Å². The topological polar surface area (TPSA) is 103 Å². The second-order valence-electron chi connectivity index (χ2n) is 9.96. The Labute approximate surface area is 206 Å². The van der Waals surface area contributed by atoms with Crippen molar-refractivity contribution in [1.82, 2.24) is 25.2 Å². The first-order valence-electron chi connectivity index (χ1n) is 12.2. The monoisotopic (exact) mass is 477 g/mol. The first kappa shape index (κ1) is 24.9. The van der Waals surface area contributed by atoms with Gasteiger partial charge in [-0.2, -0.15) is 0 Å². The lowest BCUT2D eigenvalue weighted by Crippen LogP contribution is -2.35. The first-order chi connectivity index (χ1) is 16.8. The van der Waals surface area contributed by atoms with Crippen LogP contribution in [0.2, 0.25) is 0 Å². The highest BCUT2D eigenvalue weighted by molar-refractivity contribution is 5.74. The molecule has 0 aliphatic heterocycles. The molecule has 35 heavy (non-hydrogen) atoms. The maximum absolute atomic E-state index is 12.1. The molecule has 0 bridgehead atoms. The Morgan fingerprint density at radius 3 is 2.89 bits per heavy atom. The minimum atomic E-state index is -0.571. The summed E-state index contributed by atoms with van der Waals surface area (Å²) in [5.74, 6) is 0.889. The molecule has 1 aliphatic rings. The van der Waals surface area contributed by atoms with Crippen LogP contribution in [-0.4, -0.2) is 56.3 Å². The molecule has 0 saturated carbocycles. The summed E-state index contributed by atoms with van der Waals surface area (Å²) in [5, 5.41) is 12.7. The third-order valence-electron chi connectivity index (χ3n) is 6.07. The van der Waals surface area contributed by atoms with Crippen molar-refractivity contribution >= 4 is 17.1 Å². The number of rotatable bonds is 8. The molecule has 1 atom stereocenters. The molecular formula is C27H35N5O3. The third kappa shape index (κ3) is 6.68. The molecule has 1 aliphatic carbocycles. The molecule has 0 saturated heterocycles. The number of nitrogens with zero attached hydrogens (tertiary/aromatic N) is 3. The van der Waals surface area contributed by atoms with E-state index in [1.807, 2.05) is 63.4 Å². The van der Waals surface area contributed by atoms with Gasteiger partial charge >= 0.3 is 6.09 Å². The Morgan fingerprint density at radius 2 is 2.11 bits per heavy atom. The van der Waals surface area contributed by atoms with E-state index in [0.29, 0.717) is 13.1 Å². The normalized spacial score (nSPS) is 16.4. The third-order valence-corrected chi connectivity index (χ3v) is 6.07. The number of aromatic nitrogens is 3. The van der Waals surface area contributed by atoms with Crippen LogP contribution in [0.15, 0.2) is 54.2 Å². The Bertz CT molecular complexity index is 1150. The lowest BCUT2D eigenvalue weighted by Gasteiger charge is -2.34. The SMILES string of the molecule is CC(C)(C)OC(=O)NC/C(=C/CN(Cc1nc2ccccc2[nH]1)C1CCCc2cccnc21)CO. The van der Waals surface area contributed by atoms with E-state index < -0.39 is 11.7 Å². The Balaban J connectivity index is 1.53. The van der Waals surface area contributed by atoms with Gasteiger partial charge in [0.2, 0.25) is 0 Å². The predicted octanol–water partition coefficient (Wildman–Crippen LogP) is 4.28. The summed E-state index contributed by atoms with van der Waals surface area (Å²) in [6.45, 7) is 6.74. The standard InChI is InChI=1S/C27H35N5O3/c1-27(2,3)35-26(34)29-16-19(18-33)13-15-32(17-24-30-21-10-4-5-11-22(21)31-24)23-12-6-8-20-9-7-14-28-25(20)23/h4-5,7,9-11,13-14,23,33H,6,8,12,15-18H2,1-3H3,(H,29,34)(H,30,31)/b19-13-. The lowest BCUT2D eigenvalue weighted by atomic mass is 9.90. The molecule has 1 unspecified atom stereocenters. The largest absolute Gasteiger partial charge is 0.444 e. The number of carbonyl (C=O) groups is 1. The van der Waals surface area contributed by atoms with E-state index >= 15 is 0 Å². The summed E-state index contributed by atoms with van der Waals surface area (Å²) in [6.07, 6.45) is 6.48. The number of aliphatic hydroxyl groups is 1. The van der Waals surface area contributed by atoms with Crippen molar-refractivity contribution in [3.63, 3.8) is 0 Å². The summed E-state index contributed by atoms with van der Waals surface area (Å²) in [5.41, 5.74) is 4.51. The number of H-pyrrole nitrogens is 1. The van der Waals surface area contributed by atoms with Crippen molar-refractivity contribution in [3.05, 3.63) is 71.3 Å². The van der Waals surface area contributed by atoms with Gasteiger partial charge in [0.25, 0.3) is 0 Å². The summed E-state index contributed by atoms with van der Waals surface area (Å²) < 4.78 is 5.31. The Hall–Kier alpha value is -3.23. The van der Waals surface area contributed by atoms with Gasteiger partial charge in [-0.25, -0.2) is 9.78 Å². The van der Waals surface area contributed by atoms with Crippen LogP contribution in [0.5, 0.6) is 0 Å². The number of hydrogen-bond donors (Lipinski definition) is 3. The van der Waals surface area contributed by atoms with Crippen LogP contribution >= 0.6 is 0 Å². The highest BCUT2D eigenvalue weighted by Crippen LogP contribution is 2.33. The molecule has 8 nitrogen and oxygen atoms in total. The number of aryl methyl sites for hydroxylation is 1. The van der Waals surface area contributed by atoms with E-state index in [-0.39, 0.29) is 19.2 Å². The van der Waals surface area contributed by atoms with Crippen molar-refractivity contribution in [2.24, 2.45) is 0 Å². The number of aliphatic hydroxyl groups excluding tert-OH is 1. The smallest absolute Gasteiger partial charge is 0.407 e. The molecular weight excluding hydrogens is 442 g/mol. The minimum Gasteiger partial charge on any atom is -0.444 e. The lowest BCUT2D eigenvalue weighted by molar-refractivity contribution is 0.0531. The zero-order valence-electron chi connectivity index (χ0n) is 20.8. The van der Waals surface area contributed by atoms with Crippen LogP contribution < -0.4 is 5.32 Å². The van der Waals surface area contributed by atoms with Crippen molar-refractivity contribution in [2.45, 2.75) is 58.2 Å². The molecule has 0 fully saturated rings. The predicted molar refractivity (Wildman–Crippen MR) is 136 cm³/mol. The average Bonchev–Trinajstić information content (AvgIpc) is 3.24. The highest BCUT2D eigenvalue weighted by Gasteiger charge is 2.27. The summed E-state index contributed by atoms with van der Waals surface area (Å²) in [4.78, 5) is 27.3. The fourth-order valence-corrected chi connectivity index (χ4v) is 4.45. The van der Waals surface area contributed by atoms with Crippen LogP contribution in [0.1, 0.15) is 56.7 Å². The van der Waals surface area contributed by atoms with Gasteiger partial charge in [-0.1, -0.05) is 24.3 Å². The molecule has 0 spiro atoms. The number of alkyl carbamates (subject to hydrolysis) is 1. The number of imidazole rings is 1. The zero-order chi connectivity index (χ0) is 24.8. The maximum atomic E-state index is 12.1. The van der Waals surface area contributed by atoms with Crippen LogP contribution in [0.3, 0.4) is 0 Å². The van der Waals surface area contributed by atoms with E-state index in [1.54, 1.807) is 0 Å². The maximum Gasteiger partial charge on any atom is 0.407 e. The van der Waals surface area contributed by atoms with Crippen LogP contribution in [0.25, 0.3) is 11.0 Å². The van der Waals surface area contributed by atoms with E-state index in [1.165, 1.54) is 5.56 Å². The quantitative estimate of drug-likeness (QED) is 0.419. The first-order valence-corrected chi connectivity index (χ1v) is 12.2. The summed E-state index contributed by atoms with van der Waals surface area (Å²) >= 11 is 0. The van der Waals surface area contributed by atoms with Gasteiger partial charge in [0.15, 0.2) is 0 Å². The highest BCUT2D eigenvalue weighted by atomic mass is 16.6. The Morgan fingerprint density at radius 1 is 1.29 bits per heavy atom. The number of carbonyl (C=O) groups excluding carboxylic acids is 1. The molecule has 1 amide bonds. The number of ether oxygens (including phenoxy) is 1. The molecule has 186 valence electrons. The molecule has 1 aromatic carbocycles. The fourth-order valence-electron chi connectivity index (χ4n) is 4.45. The van der Waals surface area contributed by atoms with Crippen LogP contribution in [0.4, 0.5) is 4.79 Å². The summed E-state index contributed by atoms with van der Waals surface area (Å²) in [7, 11) is 0. The van der Waals surface area contributed by atoms with E-state index in [4.69, 9.17) is 14.7 Å². The fraction of sp³-hybridized carbons (Fsp3) is 0.444. The number of aromatic amines is 1. The molecule has 8 heteroatoms. The number of benzene rings is 1. The van der Waals surface area contributed by atoms with Crippen molar-refractivity contribution < 1.29 is 14.6 Å². The van der Waals surface area contributed by atoms with Crippen molar-refractivity contribution in [2.75, 3.05) is 19.7 Å². The van der Waals surface area contributed by atoms with Gasteiger partial charge in [0, 0.05) is 19.3 Å². The molecule has 3 aromatic rings. The minimum absolute atomic E-state index is 0.142. The van der Waals surface area contributed by atoms with Crippen molar-refractivity contribution in [3.8, 4) is 0 Å². The molecule has 3 N–H and O–H groups in total. The molecule has 2 aromatic heterocycles. The molecule has 4 rings (SSSR count). The number of nitrogens with one attached hydrogen (secondary N) is 2. The molecule has 0 radical (unpaired) electrons. The number of pyridine rings is 1. The van der Waals surface area contributed by atoms with Gasteiger partial charge < -0.3 is 20.1 Å². The Kier molecular flexibility index (Phi) is 7.83. The average molecular weight is 478 g/mol. The van der Waals surface area contributed by atoms with Crippen LogP contribution in [-0.2, 0) is 17.7 Å². The summed E-state index contributed by atoms with van der Waals surface area (Å²) in [6, 6.07) is 12.3. The number of amides is 1. The van der Waals surface area contributed by atoms with E-state index in [9.17, 15) is 9.90 Å². The van der Waals surface area contributed by atoms with E-state index in [2.05, 4.69) is 21.3 Å². The molecule has 2 heterocycles. The van der Waals surface area contributed by atoms with Gasteiger partial charge in [-0.3, -0.25) is 9.88 Å². The van der Waals surface area contributed by atoms with Crippen LogP contribution in [0, 0.1) is 0 Å². The second kappa shape index (κ2) is 11.0. The van der Waals surface area contributed by atoms with Crippen molar-refractivity contribution in [1.29, 1.82) is 0 Å². The van der Waals surface area contributed by atoms with Gasteiger partial charge in [-0.05, 0) is 69.4 Å². The zero-order valence-corrected chi connectivity index (χ0v) is 20.8. The number of hydrogen-bond acceptors (Lipinski definition) is 6. The van der Waals surface area contributed by atoms with Gasteiger partial charge in [0.05, 0.1) is 35.9 Å². The van der Waals surface area contributed by atoms with Gasteiger partial charge in [-0.15, -0.1) is 0 Å².